The summed E-state index contributed by atoms with van der Waals surface area (Å²) in [6.45, 7) is 2.46. The maximum atomic E-state index is 9.80. The Hall–Kier alpha value is -6.40. The summed E-state index contributed by atoms with van der Waals surface area (Å²) in [6.07, 6.45) is 14.9. The fraction of sp³-hybridized carbons (Fsp3) is 0.348. The summed E-state index contributed by atoms with van der Waals surface area (Å²) in [7, 11) is 0. The summed E-state index contributed by atoms with van der Waals surface area (Å²) in [5.41, 5.74) is 18.2. The van der Waals surface area contributed by atoms with E-state index in [1.807, 2.05) is 36.4 Å². The smallest absolute Gasteiger partial charge is 0.222 e. The van der Waals surface area contributed by atoms with E-state index >= 15 is 0 Å². The Morgan fingerprint density at radius 3 is 1.48 bits per heavy atom. The minimum atomic E-state index is -0.277. The first-order chi connectivity index (χ1) is 31.5. The van der Waals surface area contributed by atoms with Crippen LogP contribution < -0.4 is 47.4 Å². The van der Waals surface area contributed by atoms with E-state index < -0.39 is 0 Å². The van der Waals surface area contributed by atoms with Crippen LogP contribution in [0.2, 0.25) is 10.0 Å². The summed E-state index contributed by atoms with van der Waals surface area (Å²) >= 11 is 11.8. The lowest BCUT2D eigenvalue weighted by Crippen LogP contribution is -2.30. The third-order valence-electron chi connectivity index (χ3n) is 10.3. The molecule has 344 valence electrons. The molecule has 6 aromatic rings. The van der Waals surface area contributed by atoms with Crippen LogP contribution >= 0.6 is 23.2 Å². The Morgan fingerprint density at radius 1 is 0.585 bits per heavy atom. The van der Waals surface area contributed by atoms with Crippen LogP contribution in [0.3, 0.4) is 0 Å². The molecular formula is C46H56Cl2N12O5. The molecule has 2 aliphatic carbocycles. The van der Waals surface area contributed by atoms with Crippen LogP contribution in [0.25, 0.3) is 0 Å². The van der Waals surface area contributed by atoms with Gasteiger partial charge in [0.15, 0.2) is 34.7 Å². The number of nitrogens with zero attached hydrogens (tertiary/aromatic N) is 6. The number of nitrogens with one attached hydrogen (secondary N) is 3. The second-order valence-electron chi connectivity index (χ2n) is 15.3. The predicted octanol–water partition coefficient (Wildman–Crippen LogP) is 9.29. The van der Waals surface area contributed by atoms with Gasteiger partial charge in [-0.2, -0.15) is 15.0 Å². The molecule has 3 aromatic carbocycles. The molecule has 11 N–H and O–H groups in total. The molecular weight excluding hydrogens is 871 g/mol. The largest absolute Gasteiger partial charge is 0.452 e. The fourth-order valence-electron chi connectivity index (χ4n) is 6.99. The molecule has 0 unspecified atom stereocenters. The third-order valence-corrected chi connectivity index (χ3v) is 10.8. The molecule has 0 spiro atoms. The maximum absolute atomic E-state index is 9.80. The normalized spacial score (nSPS) is 15.8. The number of benzene rings is 3. The third kappa shape index (κ3) is 15.7. The molecule has 0 aliphatic heterocycles. The number of rotatable bonds is 14. The average Bonchev–Trinajstić information content (AvgIpc) is 3.31. The quantitative estimate of drug-likeness (QED) is 0.0506. The standard InChI is InChI=1S/C16H19ClN4O2.C16H19ClN4O.C14H18N4O2/c17-10-4-6-13(7-5-10)23-14-9-19-16(18)21-15(14)20-11-2-1-3-12(22)8-11;17-11-6-8-13(9-7-11)22-14-10-19-16(18)21-15(14)20-12-4-2-1-3-5-12;1-2-10-3-5-11(6-4-10)20-12-9-17-14(15)18-13(12)16-7-8-19/h4-7,9,11-12,22H,1-3,8H2,(H3,18,19,20,21);6-10,12H,1-5H2,(H3,18,19,20,21);3-6,9,19H,2,7-8H2,1H3,(H3,15,16,17,18)/t11-,12-;;/m0../s1. The molecule has 0 amide bonds. The van der Waals surface area contributed by atoms with Crippen LogP contribution in [-0.4, -0.2) is 71.5 Å². The Kier molecular flexibility index (Phi) is 18.2. The van der Waals surface area contributed by atoms with Crippen molar-refractivity contribution < 1.29 is 24.4 Å². The minimum absolute atomic E-state index is 0.00541. The van der Waals surface area contributed by atoms with Crippen molar-refractivity contribution in [1.29, 1.82) is 0 Å². The van der Waals surface area contributed by atoms with Crippen LogP contribution in [0.15, 0.2) is 91.4 Å². The van der Waals surface area contributed by atoms with Crippen molar-refractivity contribution in [3.05, 3.63) is 107 Å². The summed E-state index contributed by atoms with van der Waals surface area (Å²) < 4.78 is 17.4. The van der Waals surface area contributed by atoms with Gasteiger partial charge in [-0.05, 0) is 111 Å². The van der Waals surface area contributed by atoms with Gasteiger partial charge in [0.25, 0.3) is 0 Å². The van der Waals surface area contributed by atoms with Crippen LogP contribution in [0.4, 0.5) is 35.3 Å². The molecule has 8 rings (SSSR count). The Bertz CT molecular complexity index is 2380. The zero-order valence-corrected chi connectivity index (χ0v) is 37.7. The predicted molar refractivity (Wildman–Crippen MR) is 256 cm³/mol. The van der Waals surface area contributed by atoms with E-state index in [1.54, 1.807) is 48.8 Å². The highest BCUT2D eigenvalue weighted by atomic mass is 35.5. The first kappa shape index (κ1) is 48.1. The van der Waals surface area contributed by atoms with Gasteiger partial charge < -0.3 is 57.6 Å². The van der Waals surface area contributed by atoms with Crippen molar-refractivity contribution in [1.82, 2.24) is 29.9 Å². The van der Waals surface area contributed by atoms with Gasteiger partial charge in [0, 0.05) is 28.7 Å². The van der Waals surface area contributed by atoms with E-state index in [2.05, 4.69) is 52.8 Å². The number of nitrogens with two attached hydrogens (primary N) is 3. The first-order valence-electron chi connectivity index (χ1n) is 21.6. The molecule has 0 bridgehead atoms. The Labute approximate surface area is 388 Å². The number of aliphatic hydroxyl groups excluding tert-OH is 2. The number of aromatic nitrogens is 6. The minimum Gasteiger partial charge on any atom is -0.452 e. The van der Waals surface area contributed by atoms with Gasteiger partial charge in [0.05, 0.1) is 31.3 Å². The van der Waals surface area contributed by atoms with E-state index in [9.17, 15) is 5.11 Å². The zero-order valence-electron chi connectivity index (χ0n) is 36.2. The van der Waals surface area contributed by atoms with Crippen molar-refractivity contribution in [2.75, 3.05) is 46.3 Å². The van der Waals surface area contributed by atoms with Crippen molar-refractivity contribution in [3.63, 3.8) is 0 Å². The van der Waals surface area contributed by atoms with Crippen LogP contribution in [0, 0.1) is 0 Å². The Balaban J connectivity index is 0.000000162. The fourth-order valence-corrected chi connectivity index (χ4v) is 7.25. The highest BCUT2D eigenvalue weighted by Crippen LogP contribution is 2.33. The van der Waals surface area contributed by atoms with Gasteiger partial charge in [-0.15, -0.1) is 0 Å². The van der Waals surface area contributed by atoms with Crippen molar-refractivity contribution in [2.24, 2.45) is 0 Å². The van der Waals surface area contributed by atoms with Crippen molar-refractivity contribution in [3.8, 4) is 34.5 Å². The lowest BCUT2D eigenvalue weighted by atomic mass is 9.93. The second kappa shape index (κ2) is 24.6. The van der Waals surface area contributed by atoms with Crippen LogP contribution in [0.5, 0.6) is 34.5 Å². The van der Waals surface area contributed by atoms with E-state index in [1.165, 1.54) is 31.0 Å². The van der Waals surface area contributed by atoms with Gasteiger partial charge in [-0.3, -0.25) is 0 Å². The molecule has 2 saturated carbocycles. The van der Waals surface area contributed by atoms with Crippen LogP contribution in [-0.2, 0) is 6.42 Å². The van der Waals surface area contributed by atoms with E-state index in [-0.39, 0.29) is 36.6 Å². The number of ether oxygens (including phenoxy) is 3. The number of hydrogen-bond donors (Lipinski definition) is 8. The number of aliphatic hydroxyl groups is 2. The van der Waals surface area contributed by atoms with E-state index in [4.69, 9.17) is 59.7 Å². The zero-order chi connectivity index (χ0) is 46.0. The molecule has 65 heavy (non-hydrogen) atoms. The lowest BCUT2D eigenvalue weighted by molar-refractivity contribution is 0.124. The van der Waals surface area contributed by atoms with Gasteiger partial charge >= 0.3 is 0 Å². The summed E-state index contributed by atoms with van der Waals surface area (Å²) in [5.74, 6) is 5.75. The number of aryl methyl sites for hydroxylation is 1. The monoisotopic (exact) mass is 926 g/mol. The highest BCUT2D eigenvalue weighted by molar-refractivity contribution is 6.30. The van der Waals surface area contributed by atoms with Crippen molar-refractivity contribution in [2.45, 2.75) is 89.3 Å². The lowest BCUT2D eigenvalue weighted by Gasteiger charge is -2.27. The molecule has 2 atom stereocenters. The number of anilines is 6. The second-order valence-corrected chi connectivity index (χ2v) is 16.2. The molecule has 0 radical (unpaired) electrons. The van der Waals surface area contributed by atoms with Crippen LogP contribution in [0.1, 0.15) is 70.3 Å². The summed E-state index contributed by atoms with van der Waals surface area (Å²) in [4.78, 5) is 24.5. The average molecular weight is 928 g/mol. The molecule has 3 aromatic heterocycles. The number of nitrogen functional groups attached to an aromatic ring is 3. The number of hydrogen-bond acceptors (Lipinski definition) is 17. The summed E-state index contributed by atoms with van der Waals surface area (Å²) in [5, 5.41) is 29.7. The molecule has 17 nitrogen and oxygen atoms in total. The van der Waals surface area contributed by atoms with Gasteiger partial charge in [-0.25, -0.2) is 15.0 Å². The molecule has 3 heterocycles. The van der Waals surface area contributed by atoms with E-state index in [0.717, 1.165) is 38.5 Å². The van der Waals surface area contributed by atoms with Gasteiger partial charge in [-0.1, -0.05) is 61.5 Å². The Morgan fingerprint density at radius 2 is 1.02 bits per heavy atom. The SMILES string of the molecule is CCc1ccc(Oc2cnc(N)nc2NCCO)cc1.Nc1ncc(Oc2ccc(Cl)cc2)c(NC2CCCCC2)n1.Nc1ncc(Oc2ccc(Cl)cc2)c(N[C@H]2CCC[C@H](O)C2)n1. The highest BCUT2D eigenvalue weighted by Gasteiger charge is 2.22. The summed E-state index contributed by atoms with van der Waals surface area (Å²) in [6, 6.07) is 22.6. The molecule has 2 aliphatic rings. The maximum Gasteiger partial charge on any atom is 0.222 e. The van der Waals surface area contributed by atoms with E-state index in [0.29, 0.717) is 81.0 Å². The molecule has 19 heteroatoms. The van der Waals surface area contributed by atoms with Crippen molar-refractivity contribution >= 4 is 58.5 Å². The first-order valence-corrected chi connectivity index (χ1v) is 22.4. The molecule has 2 fully saturated rings. The molecule has 0 saturated heterocycles. The number of halogens is 2. The topological polar surface area (TPSA) is 260 Å². The van der Waals surface area contributed by atoms with Gasteiger partial charge in [0.2, 0.25) is 17.8 Å². The van der Waals surface area contributed by atoms with Gasteiger partial charge in [0.1, 0.15) is 17.2 Å².